The standard InChI is InChI=1S/C9H10N2O5/c12-5-3-7(9(14)15)11(4-5)8(13)6-1-2-16-10-6/h1-2,5,7,12H,3-4H2,(H,14,15)/t5-,7-/m0/s1. The van der Waals surface area contributed by atoms with Crippen molar-refractivity contribution in [3.63, 3.8) is 0 Å². The Morgan fingerprint density at radius 3 is 2.88 bits per heavy atom. The molecule has 0 spiro atoms. The molecule has 1 aromatic rings. The second-order valence-electron chi connectivity index (χ2n) is 3.59. The van der Waals surface area contributed by atoms with E-state index < -0.39 is 24.0 Å². The maximum Gasteiger partial charge on any atom is 0.326 e. The first-order valence-corrected chi connectivity index (χ1v) is 4.72. The monoisotopic (exact) mass is 226 g/mol. The Morgan fingerprint density at radius 2 is 2.31 bits per heavy atom. The molecule has 1 aliphatic rings. The molecule has 7 heteroatoms. The Hall–Kier alpha value is -1.89. The molecule has 2 atom stereocenters. The van der Waals surface area contributed by atoms with Crippen molar-refractivity contribution in [1.29, 1.82) is 0 Å². The van der Waals surface area contributed by atoms with Crippen molar-refractivity contribution >= 4 is 11.9 Å². The molecule has 1 fully saturated rings. The minimum Gasteiger partial charge on any atom is -0.480 e. The molecule has 86 valence electrons. The van der Waals surface area contributed by atoms with Gasteiger partial charge in [0, 0.05) is 19.0 Å². The number of β-amino-alcohol motifs (C(OH)–C–C–N with tert-alkyl or cyclic N) is 1. The second-order valence-corrected chi connectivity index (χ2v) is 3.59. The van der Waals surface area contributed by atoms with Crippen molar-refractivity contribution in [3.05, 3.63) is 18.0 Å². The molecule has 1 saturated heterocycles. The van der Waals surface area contributed by atoms with Crippen molar-refractivity contribution < 1.29 is 24.3 Å². The molecule has 0 bridgehead atoms. The van der Waals surface area contributed by atoms with E-state index in [1.807, 2.05) is 0 Å². The molecule has 1 aromatic heterocycles. The van der Waals surface area contributed by atoms with Crippen molar-refractivity contribution in [2.45, 2.75) is 18.6 Å². The summed E-state index contributed by atoms with van der Waals surface area (Å²) in [7, 11) is 0. The number of likely N-dealkylation sites (tertiary alicyclic amines) is 1. The summed E-state index contributed by atoms with van der Waals surface area (Å²) in [4.78, 5) is 23.8. The van der Waals surface area contributed by atoms with Crippen LogP contribution in [0.4, 0.5) is 0 Å². The van der Waals surface area contributed by atoms with Gasteiger partial charge in [0.15, 0.2) is 5.69 Å². The highest BCUT2D eigenvalue weighted by Gasteiger charge is 2.39. The van der Waals surface area contributed by atoms with E-state index in [0.29, 0.717) is 0 Å². The van der Waals surface area contributed by atoms with E-state index in [-0.39, 0.29) is 18.7 Å². The smallest absolute Gasteiger partial charge is 0.326 e. The van der Waals surface area contributed by atoms with Gasteiger partial charge in [0.25, 0.3) is 5.91 Å². The first-order chi connectivity index (χ1) is 7.59. The third-order valence-electron chi connectivity index (χ3n) is 2.48. The van der Waals surface area contributed by atoms with Crippen LogP contribution in [0.3, 0.4) is 0 Å². The zero-order valence-corrected chi connectivity index (χ0v) is 8.24. The number of aliphatic hydroxyl groups is 1. The quantitative estimate of drug-likeness (QED) is 0.693. The molecular weight excluding hydrogens is 216 g/mol. The fraction of sp³-hybridized carbons (Fsp3) is 0.444. The summed E-state index contributed by atoms with van der Waals surface area (Å²) >= 11 is 0. The fourth-order valence-electron chi connectivity index (χ4n) is 1.74. The number of hydrogen-bond acceptors (Lipinski definition) is 5. The van der Waals surface area contributed by atoms with Crippen LogP contribution < -0.4 is 0 Å². The number of carboxylic acids is 1. The van der Waals surface area contributed by atoms with Gasteiger partial charge >= 0.3 is 5.97 Å². The predicted octanol–water partition coefficient (Wildman–Crippen LogP) is -0.665. The number of aromatic nitrogens is 1. The zero-order valence-electron chi connectivity index (χ0n) is 8.24. The molecule has 0 aromatic carbocycles. The second kappa shape index (κ2) is 3.93. The van der Waals surface area contributed by atoms with E-state index in [1.165, 1.54) is 12.3 Å². The van der Waals surface area contributed by atoms with Gasteiger partial charge in [-0.2, -0.15) is 0 Å². The van der Waals surface area contributed by atoms with Gasteiger partial charge in [-0.3, -0.25) is 4.79 Å². The molecule has 16 heavy (non-hydrogen) atoms. The lowest BCUT2D eigenvalue weighted by molar-refractivity contribution is -0.141. The number of carbonyl (C=O) groups excluding carboxylic acids is 1. The normalized spacial score (nSPS) is 24.7. The highest BCUT2D eigenvalue weighted by molar-refractivity contribution is 5.95. The average molecular weight is 226 g/mol. The number of carboxylic acid groups (broad SMARTS) is 1. The van der Waals surface area contributed by atoms with E-state index in [2.05, 4.69) is 9.68 Å². The molecule has 0 unspecified atom stereocenters. The third kappa shape index (κ3) is 1.76. The molecule has 7 nitrogen and oxygen atoms in total. The van der Waals surface area contributed by atoms with Gasteiger partial charge < -0.3 is 19.6 Å². The lowest BCUT2D eigenvalue weighted by Gasteiger charge is -2.19. The lowest BCUT2D eigenvalue weighted by atomic mass is 10.2. The minimum absolute atomic E-state index is 0.00264. The van der Waals surface area contributed by atoms with Crippen LogP contribution in [0.25, 0.3) is 0 Å². The zero-order chi connectivity index (χ0) is 11.7. The van der Waals surface area contributed by atoms with Crippen LogP contribution in [0.2, 0.25) is 0 Å². The van der Waals surface area contributed by atoms with Crippen molar-refractivity contribution in [3.8, 4) is 0 Å². The Morgan fingerprint density at radius 1 is 1.56 bits per heavy atom. The van der Waals surface area contributed by atoms with Crippen LogP contribution in [-0.2, 0) is 4.79 Å². The van der Waals surface area contributed by atoms with E-state index in [4.69, 9.17) is 5.11 Å². The molecule has 1 aliphatic heterocycles. The van der Waals surface area contributed by atoms with E-state index in [9.17, 15) is 14.7 Å². The lowest BCUT2D eigenvalue weighted by Crippen LogP contribution is -2.40. The van der Waals surface area contributed by atoms with E-state index >= 15 is 0 Å². The summed E-state index contributed by atoms with van der Waals surface area (Å²) in [6, 6.07) is 0.352. The van der Waals surface area contributed by atoms with E-state index in [1.54, 1.807) is 0 Å². The Bertz CT molecular complexity index is 402. The van der Waals surface area contributed by atoms with Gasteiger partial charge in [0.1, 0.15) is 12.3 Å². The summed E-state index contributed by atoms with van der Waals surface area (Å²) < 4.78 is 4.51. The molecule has 2 N–H and O–H groups in total. The average Bonchev–Trinajstić information content (AvgIpc) is 2.84. The predicted molar refractivity (Wildman–Crippen MR) is 49.6 cm³/mol. The van der Waals surface area contributed by atoms with Gasteiger partial charge in [-0.25, -0.2) is 4.79 Å². The Labute approximate surface area is 90.3 Å². The highest BCUT2D eigenvalue weighted by atomic mass is 16.5. The minimum atomic E-state index is -1.13. The summed E-state index contributed by atoms with van der Waals surface area (Å²) in [5.41, 5.74) is 0.0420. The van der Waals surface area contributed by atoms with Gasteiger partial charge in [-0.1, -0.05) is 5.16 Å². The number of nitrogens with zero attached hydrogens (tertiary/aromatic N) is 2. The molecule has 0 aliphatic carbocycles. The maximum atomic E-state index is 11.8. The van der Waals surface area contributed by atoms with Gasteiger partial charge in [0.05, 0.1) is 6.10 Å². The highest BCUT2D eigenvalue weighted by Crippen LogP contribution is 2.20. The first kappa shape index (κ1) is 10.6. The molecule has 2 rings (SSSR count). The SMILES string of the molecule is O=C(O)[C@@H]1C[C@H](O)CN1C(=O)c1ccon1. The molecular formula is C9H10N2O5. The number of aliphatic carboxylic acids is 1. The van der Waals surface area contributed by atoms with Crippen LogP contribution in [-0.4, -0.2) is 50.8 Å². The van der Waals surface area contributed by atoms with E-state index in [0.717, 1.165) is 4.90 Å². The topological polar surface area (TPSA) is 104 Å². The number of aliphatic hydroxyl groups excluding tert-OH is 1. The van der Waals surface area contributed by atoms with Crippen molar-refractivity contribution in [1.82, 2.24) is 10.1 Å². The Balaban J connectivity index is 2.20. The molecule has 2 heterocycles. The van der Waals surface area contributed by atoms with Crippen LogP contribution in [0.1, 0.15) is 16.9 Å². The summed E-state index contributed by atoms with van der Waals surface area (Å²) in [6.07, 6.45) is 0.464. The molecule has 1 amide bonds. The third-order valence-corrected chi connectivity index (χ3v) is 2.48. The van der Waals surface area contributed by atoms with Crippen LogP contribution in [0.5, 0.6) is 0 Å². The van der Waals surface area contributed by atoms with Gasteiger partial charge in [-0.05, 0) is 0 Å². The number of amides is 1. The van der Waals surface area contributed by atoms with Crippen LogP contribution >= 0.6 is 0 Å². The largest absolute Gasteiger partial charge is 0.480 e. The fourth-order valence-corrected chi connectivity index (χ4v) is 1.74. The van der Waals surface area contributed by atoms with Gasteiger partial charge in [0.2, 0.25) is 0 Å². The Kier molecular flexibility index (Phi) is 2.61. The first-order valence-electron chi connectivity index (χ1n) is 4.72. The summed E-state index contributed by atoms with van der Waals surface area (Å²) in [6.45, 7) is 0.00264. The molecule has 0 radical (unpaired) electrons. The van der Waals surface area contributed by atoms with Crippen LogP contribution in [0, 0.1) is 0 Å². The maximum absolute atomic E-state index is 11.8. The molecule has 0 saturated carbocycles. The number of carbonyl (C=O) groups is 2. The van der Waals surface area contributed by atoms with Gasteiger partial charge in [-0.15, -0.1) is 0 Å². The number of rotatable bonds is 2. The number of hydrogen-bond donors (Lipinski definition) is 2. The van der Waals surface area contributed by atoms with Crippen molar-refractivity contribution in [2.75, 3.05) is 6.54 Å². The summed E-state index contributed by atoms with van der Waals surface area (Å²) in [5, 5.41) is 21.7. The van der Waals surface area contributed by atoms with Crippen LogP contribution in [0.15, 0.2) is 16.9 Å². The van der Waals surface area contributed by atoms with Crippen molar-refractivity contribution in [2.24, 2.45) is 0 Å². The summed E-state index contributed by atoms with van der Waals surface area (Å²) in [5.74, 6) is -1.67.